The van der Waals surface area contributed by atoms with Crippen LogP contribution in [-0.2, 0) is 11.3 Å². The molecule has 0 bridgehead atoms. The Morgan fingerprint density at radius 1 is 1.61 bits per heavy atom. The summed E-state index contributed by atoms with van der Waals surface area (Å²) in [6.07, 6.45) is 3.62. The Hall–Kier alpha value is -1.33. The second-order valence-corrected chi connectivity index (χ2v) is 4.66. The maximum Gasteiger partial charge on any atom is 0.371 e. The average Bonchev–Trinajstić information content (AvgIpc) is 2.73. The third-order valence-electron chi connectivity index (χ3n) is 3.22. The first kappa shape index (κ1) is 13.1. The molecule has 0 aliphatic carbocycles. The van der Waals surface area contributed by atoms with Crippen LogP contribution in [0.2, 0.25) is 0 Å². The number of carboxylic acids is 1. The molecule has 1 aromatic rings. The van der Waals surface area contributed by atoms with Gasteiger partial charge in [-0.2, -0.15) is 0 Å². The first-order chi connectivity index (χ1) is 8.66. The van der Waals surface area contributed by atoms with E-state index in [9.17, 15) is 4.79 Å². The summed E-state index contributed by atoms with van der Waals surface area (Å²) < 4.78 is 10.7. The van der Waals surface area contributed by atoms with E-state index in [4.69, 9.17) is 14.3 Å². The van der Waals surface area contributed by atoms with E-state index in [1.54, 1.807) is 6.92 Å². The molecule has 1 atom stereocenters. The predicted octanol–water partition coefficient (Wildman–Crippen LogP) is 1.94. The van der Waals surface area contributed by atoms with Crippen LogP contribution in [0.1, 0.15) is 41.1 Å². The smallest absolute Gasteiger partial charge is 0.371 e. The lowest BCUT2D eigenvalue weighted by Gasteiger charge is -2.23. The van der Waals surface area contributed by atoms with E-state index in [0.29, 0.717) is 25.0 Å². The third-order valence-corrected chi connectivity index (χ3v) is 3.22. The quantitative estimate of drug-likeness (QED) is 0.839. The van der Waals surface area contributed by atoms with Crippen molar-refractivity contribution in [3.63, 3.8) is 0 Å². The number of piperidine rings is 1. The number of aryl methyl sites for hydroxylation is 1. The average molecular weight is 253 g/mol. The summed E-state index contributed by atoms with van der Waals surface area (Å²) in [7, 11) is 0. The summed E-state index contributed by atoms with van der Waals surface area (Å²) in [5.74, 6) is -0.454. The second kappa shape index (κ2) is 6.02. The molecule has 0 saturated carbocycles. The summed E-state index contributed by atoms with van der Waals surface area (Å²) in [6, 6.07) is 1.95. The first-order valence-electron chi connectivity index (χ1n) is 6.30. The maximum absolute atomic E-state index is 10.7. The van der Waals surface area contributed by atoms with E-state index in [-0.39, 0.29) is 5.76 Å². The number of ether oxygens (including phenoxy) is 1. The molecule has 1 aliphatic heterocycles. The van der Waals surface area contributed by atoms with Gasteiger partial charge in [0.05, 0.1) is 13.2 Å². The SMILES string of the molecule is Cc1oc(C(=O)O)cc1COCC1CCCCN1. The van der Waals surface area contributed by atoms with Gasteiger partial charge in [0.25, 0.3) is 0 Å². The van der Waals surface area contributed by atoms with E-state index in [2.05, 4.69) is 5.32 Å². The van der Waals surface area contributed by atoms with E-state index in [1.165, 1.54) is 18.9 Å². The Morgan fingerprint density at radius 3 is 3.06 bits per heavy atom. The monoisotopic (exact) mass is 253 g/mol. The normalized spacial score (nSPS) is 19.9. The molecule has 0 radical (unpaired) electrons. The minimum absolute atomic E-state index is 0.0260. The number of rotatable bonds is 5. The molecule has 1 unspecified atom stereocenters. The van der Waals surface area contributed by atoms with E-state index in [1.807, 2.05) is 0 Å². The van der Waals surface area contributed by atoms with Crippen molar-refractivity contribution in [3.8, 4) is 0 Å². The Kier molecular flexibility index (Phi) is 4.38. The highest BCUT2D eigenvalue weighted by molar-refractivity contribution is 5.84. The fourth-order valence-corrected chi connectivity index (χ4v) is 2.15. The minimum Gasteiger partial charge on any atom is -0.475 e. The standard InChI is InChI=1S/C13H19NO4/c1-9-10(6-12(18-9)13(15)16)7-17-8-11-4-2-3-5-14-11/h6,11,14H,2-5,7-8H2,1H3,(H,15,16). The molecule has 1 aliphatic rings. The predicted molar refractivity (Wildman–Crippen MR) is 65.7 cm³/mol. The minimum atomic E-state index is -1.04. The molecule has 0 aromatic carbocycles. The molecule has 1 fully saturated rings. The number of carbonyl (C=O) groups is 1. The molecule has 5 heteroatoms. The summed E-state index contributed by atoms with van der Waals surface area (Å²) in [5.41, 5.74) is 0.809. The van der Waals surface area contributed by atoms with Crippen LogP contribution in [-0.4, -0.2) is 30.3 Å². The van der Waals surface area contributed by atoms with Crippen LogP contribution in [0, 0.1) is 6.92 Å². The van der Waals surface area contributed by atoms with E-state index in [0.717, 1.165) is 18.5 Å². The summed E-state index contributed by atoms with van der Waals surface area (Å²) in [5, 5.41) is 12.2. The van der Waals surface area contributed by atoms with Crippen molar-refractivity contribution < 1.29 is 19.1 Å². The number of hydrogen-bond acceptors (Lipinski definition) is 4. The molecule has 0 spiro atoms. The molecule has 100 valence electrons. The largest absolute Gasteiger partial charge is 0.475 e. The summed E-state index contributed by atoms with van der Waals surface area (Å²) >= 11 is 0. The lowest BCUT2D eigenvalue weighted by molar-refractivity contribution is 0.0661. The summed E-state index contributed by atoms with van der Waals surface area (Å²) in [4.78, 5) is 10.7. The van der Waals surface area contributed by atoms with E-state index < -0.39 is 5.97 Å². The highest BCUT2D eigenvalue weighted by Crippen LogP contribution is 2.16. The van der Waals surface area contributed by atoms with Crippen molar-refractivity contribution in [1.82, 2.24) is 5.32 Å². The first-order valence-corrected chi connectivity index (χ1v) is 6.30. The van der Waals surface area contributed by atoms with Gasteiger partial charge in [0.1, 0.15) is 5.76 Å². The zero-order valence-corrected chi connectivity index (χ0v) is 10.6. The van der Waals surface area contributed by atoms with Gasteiger partial charge in [-0.3, -0.25) is 0 Å². The van der Waals surface area contributed by atoms with Crippen molar-refractivity contribution >= 4 is 5.97 Å². The molecule has 2 N–H and O–H groups in total. The Bertz CT molecular complexity index is 407. The van der Waals surface area contributed by atoms with Crippen molar-refractivity contribution in [2.45, 2.75) is 38.8 Å². The van der Waals surface area contributed by atoms with Gasteiger partial charge in [0.15, 0.2) is 0 Å². The van der Waals surface area contributed by atoms with Crippen molar-refractivity contribution in [1.29, 1.82) is 0 Å². The number of hydrogen-bond donors (Lipinski definition) is 2. The molecule has 5 nitrogen and oxygen atoms in total. The fraction of sp³-hybridized carbons (Fsp3) is 0.615. The zero-order valence-electron chi connectivity index (χ0n) is 10.6. The summed E-state index contributed by atoms with van der Waals surface area (Å²) in [6.45, 7) is 3.87. The highest BCUT2D eigenvalue weighted by atomic mass is 16.5. The second-order valence-electron chi connectivity index (χ2n) is 4.66. The molecule has 1 aromatic heterocycles. The van der Waals surface area contributed by atoms with Crippen molar-refractivity contribution in [3.05, 3.63) is 23.2 Å². The van der Waals surface area contributed by atoms with Crippen LogP contribution >= 0.6 is 0 Å². The van der Waals surface area contributed by atoms with Crippen molar-refractivity contribution in [2.24, 2.45) is 0 Å². The Balaban J connectivity index is 1.80. The van der Waals surface area contributed by atoms with Gasteiger partial charge in [0.2, 0.25) is 5.76 Å². The molecule has 1 saturated heterocycles. The van der Waals surface area contributed by atoms with Crippen LogP contribution in [0.25, 0.3) is 0 Å². The van der Waals surface area contributed by atoms with Gasteiger partial charge in [-0.25, -0.2) is 4.79 Å². The number of nitrogens with one attached hydrogen (secondary N) is 1. The number of carboxylic acid groups (broad SMARTS) is 1. The van der Waals surface area contributed by atoms with Gasteiger partial charge >= 0.3 is 5.97 Å². The lowest BCUT2D eigenvalue weighted by Crippen LogP contribution is -2.37. The number of aromatic carboxylic acids is 1. The van der Waals surface area contributed by atoms with Crippen LogP contribution in [0.3, 0.4) is 0 Å². The van der Waals surface area contributed by atoms with E-state index >= 15 is 0 Å². The fourth-order valence-electron chi connectivity index (χ4n) is 2.15. The van der Waals surface area contributed by atoms with Gasteiger partial charge in [-0.05, 0) is 32.4 Å². The molecule has 18 heavy (non-hydrogen) atoms. The molecular weight excluding hydrogens is 234 g/mol. The van der Waals surface area contributed by atoms with Gasteiger partial charge < -0.3 is 19.6 Å². The lowest BCUT2D eigenvalue weighted by atomic mass is 10.1. The van der Waals surface area contributed by atoms with Crippen LogP contribution in [0.5, 0.6) is 0 Å². The van der Waals surface area contributed by atoms with Crippen molar-refractivity contribution in [2.75, 3.05) is 13.2 Å². The Labute approximate surface area is 106 Å². The topological polar surface area (TPSA) is 71.7 Å². The van der Waals surface area contributed by atoms with Crippen LogP contribution in [0.15, 0.2) is 10.5 Å². The molecular formula is C13H19NO4. The molecule has 0 amide bonds. The Morgan fingerprint density at radius 2 is 2.44 bits per heavy atom. The van der Waals surface area contributed by atoms with Gasteiger partial charge in [-0.15, -0.1) is 0 Å². The third kappa shape index (κ3) is 3.34. The number of furan rings is 1. The maximum atomic E-state index is 10.7. The van der Waals surface area contributed by atoms with Crippen LogP contribution in [0.4, 0.5) is 0 Å². The molecule has 2 heterocycles. The van der Waals surface area contributed by atoms with Gasteiger partial charge in [-0.1, -0.05) is 6.42 Å². The zero-order chi connectivity index (χ0) is 13.0. The molecule has 2 rings (SSSR count). The van der Waals surface area contributed by atoms with Gasteiger partial charge in [0, 0.05) is 11.6 Å². The highest BCUT2D eigenvalue weighted by Gasteiger charge is 2.15. The van der Waals surface area contributed by atoms with Crippen LogP contribution < -0.4 is 5.32 Å².